The molecule has 3 aromatic rings. The molecule has 1 saturated heterocycles. The van der Waals surface area contributed by atoms with E-state index in [1.165, 1.54) is 6.21 Å². The molecule has 1 fully saturated rings. The Labute approximate surface area is 197 Å². The highest BCUT2D eigenvalue weighted by atomic mass is 35.5. The van der Waals surface area contributed by atoms with E-state index in [1.54, 1.807) is 42.5 Å². The molecule has 1 atom stereocenters. The van der Waals surface area contributed by atoms with Crippen LogP contribution < -0.4 is 10.6 Å². The Bertz CT molecular complexity index is 1210. The van der Waals surface area contributed by atoms with Crippen LogP contribution in [0.4, 0.5) is 5.69 Å². The van der Waals surface area contributed by atoms with Crippen molar-refractivity contribution in [3.63, 3.8) is 0 Å². The van der Waals surface area contributed by atoms with E-state index in [1.807, 2.05) is 18.2 Å². The molecule has 162 valence electrons. The van der Waals surface area contributed by atoms with Crippen LogP contribution in [0.5, 0.6) is 0 Å². The number of benzene rings is 2. The molecule has 0 saturated carbocycles. The lowest BCUT2D eigenvalue weighted by Gasteiger charge is -2.06. The van der Waals surface area contributed by atoms with Crippen molar-refractivity contribution in [1.82, 2.24) is 5.32 Å². The third-order valence-corrected chi connectivity index (χ3v) is 5.98. The van der Waals surface area contributed by atoms with Crippen molar-refractivity contribution in [1.29, 1.82) is 0 Å². The fourth-order valence-electron chi connectivity index (χ4n) is 2.88. The number of nitrogens with one attached hydrogen (secondary N) is 2. The Balaban J connectivity index is 1.34. The molecular formula is C22H16Cl2N4O3S. The van der Waals surface area contributed by atoms with Gasteiger partial charge >= 0.3 is 0 Å². The third-order valence-electron chi connectivity index (χ3n) is 4.36. The van der Waals surface area contributed by atoms with Crippen molar-refractivity contribution in [2.24, 2.45) is 10.2 Å². The second-order valence-corrected chi connectivity index (χ2v) is 8.73. The summed E-state index contributed by atoms with van der Waals surface area (Å²) in [5, 5.41) is 14.1. The zero-order valence-corrected chi connectivity index (χ0v) is 18.7. The van der Waals surface area contributed by atoms with Gasteiger partial charge < -0.3 is 15.1 Å². The van der Waals surface area contributed by atoms with Crippen molar-refractivity contribution < 1.29 is 14.0 Å². The molecule has 1 aliphatic heterocycles. The van der Waals surface area contributed by atoms with Gasteiger partial charge in [-0.2, -0.15) is 5.10 Å². The Morgan fingerprint density at radius 1 is 1.16 bits per heavy atom. The number of halogens is 2. The second kappa shape index (κ2) is 10.0. The number of carbonyl (C=O) groups is 2. The number of thioether (sulfide) groups is 1. The molecule has 32 heavy (non-hydrogen) atoms. The van der Waals surface area contributed by atoms with Crippen molar-refractivity contribution in [2.45, 2.75) is 11.7 Å². The van der Waals surface area contributed by atoms with Crippen LogP contribution in [0.15, 0.2) is 75.3 Å². The molecule has 0 radical (unpaired) electrons. The molecule has 1 unspecified atom stereocenters. The van der Waals surface area contributed by atoms with Gasteiger partial charge in [0, 0.05) is 22.7 Å². The molecular weight excluding hydrogens is 471 g/mol. The minimum atomic E-state index is -0.574. The molecule has 1 aromatic heterocycles. The molecule has 2 N–H and O–H groups in total. The van der Waals surface area contributed by atoms with Crippen molar-refractivity contribution >= 4 is 63.8 Å². The zero-order valence-electron chi connectivity index (χ0n) is 16.4. The van der Waals surface area contributed by atoms with Crippen LogP contribution in [-0.2, 0) is 9.59 Å². The van der Waals surface area contributed by atoms with Gasteiger partial charge in [-0.3, -0.25) is 9.59 Å². The summed E-state index contributed by atoms with van der Waals surface area (Å²) in [4.78, 5) is 24.3. The average molecular weight is 487 g/mol. The summed E-state index contributed by atoms with van der Waals surface area (Å²) in [6, 6.07) is 17.7. The number of nitrogens with zero attached hydrogens (tertiary/aromatic N) is 2. The fourth-order valence-corrected chi connectivity index (χ4v) is 4.31. The van der Waals surface area contributed by atoms with E-state index in [-0.39, 0.29) is 18.2 Å². The van der Waals surface area contributed by atoms with Gasteiger partial charge in [0.1, 0.15) is 16.8 Å². The zero-order chi connectivity index (χ0) is 22.5. The Kier molecular flexibility index (Phi) is 6.94. The van der Waals surface area contributed by atoms with E-state index in [9.17, 15) is 9.59 Å². The molecule has 4 rings (SSSR count). The van der Waals surface area contributed by atoms with Gasteiger partial charge in [-0.1, -0.05) is 53.2 Å². The third kappa shape index (κ3) is 5.59. The van der Waals surface area contributed by atoms with Crippen LogP contribution in [0.25, 0.3) is 11.3 Å². The van der Waals surface area contributed by atoms with Gasteiger partial charge in [0.2, 0.25) is 11.8 Å². The summed E-state index contributed by atoms with van der Waals surface area (Å²) < 4.78 is 5.71. The number of anilines is 1. The predicted octanol–water partition coefficient (Wildman–Crippen LogP) is 5.20. The normalized spacial score (nSPS) is 17.1. The average Bonchev–Trinajstić information content (AvgIpc) is 3.35. The smallest absolute Gasteiger partial charge is 0.240 e. The number of carbonyl (C=O) groups excluding carboxylic acids is 2. The van der Waals surface area contributed by atoms with Crippen LogP contribution in [-0.4, -0.2) is 28.4 Å². The predicted molar refractivity (Wildman–Crippen MR) is 128 cm³/mol. The highest BCUT2D eigenvalue weighted by Crippen LogP contribution is 2.31. The number of hydrogen-bond donors (Lipinski definition) is 2. The van der Waals surface area contributed by atoms with E-state index < -0.39 is 5.25 Å². The second-order valence-electron chi connectivity index (χ2n) is 6.69. The number of furan rings is 1. The van der Waals surface area contributed by atoms with E-state index in [4.69, 9.17) is 27.6 Å². The number of rotatable bonds is 6. The van der Waals surface area contributed by atoms with Gasteiger partial charge in [-0.05, 0) is 42.5 Å². The van der Waals surface area contributed by atoms with Crippen LogP contribution in [0.2, 0.25) is 10.0 Å². The molecule has 0 bridgehead atoms. The van der Waals surface area contributed by atoms with Gasteiger partial charge in [-0.15, -0.1) is 5.10 Å². The molecule has 7 nitrogen and oxygen atoms in total. The summed E-state index contributed by atoms with van der Waals surface area (Å²) >= 11 is 13.3. The van der Waals surface area contributed by atoms with Crippen molar-refractivity contribution in [3.8, 4) is 11.3 Å². The largest absolute Gasteiger partial charge is 0.455 e. The number of amidine groups is 1. The molecule has 0 aliphatic carbocycles. The van der Waals surface area contributed by atoms with Crippen LogP contribution in [0.1, 0.15) is 12.2 Å². The summed E-state index contributed by atoms with van der Waals surface area (Å²) in [5.41, 5.74) is 1.38. The first kappa shape index (κ1) is 22.1. The van der Waals surface area contributed by atoms with E-state index >= 15 is 0 Å². The minimum absolute atomic E-state index is 0.0253. The maximum atomic E-state index is 12.2. The highest BCUT2D eigenvalue weighted by molar-refractivity contribution is 8.15. The van der Waals surface area contributed by atoms with Crippen molar-refractivity contribution in [3.05, 3.63) is 76.5 Å². The van der Waals surface area contributed by atoms with Crippen LogP contribution in [0.3, 0.4) is 0 Å². The quantitative estimate of drug-likeness (QED) is 0.369. The number of amides is 2. The molecule has 1 aliphatic rings. The molecule has 0 spiro atoms. The van der Waals surface area contributed by atoms with Gasteiger partial charge in [-0.25, -0.2) is 0 Å². The highest BCUT2D eigenvalue weighted by Gasteiger charge is 2.32. The van der Waals surface area contributed by atoms with Crippen LogP contribution >= 0.6 is 35.0 Å². The Morgan fingerprint density at radius 3 is 2.75 bits per heavy atom. The van der Waals surface area contributed by atoms with Gasteiger partial charge in [0.25, 0.3) is 0 Å². The fraction of sp³-hybridized carbons (Fsp3) is 0.0909. The first-order chi connectivity index (χ1) is 15.5. The SMILES string of the molecule is O=C(CC1S/C(=N/N=C/c2ccc(-c3ccc(Cl)cc3Cl)o2)NC1=O)Nc1ccccc1. The van der Waals surface area contributed by atoms with E-state index in [2.05, 4.69) is 20.8 Å². The first-order valence-corrected chi connectivity index (χ1v) is 11.1. The monoisotopic (exact) mass is 486 g/mol. The first-order valence-electron chi connectivity index (χ1n) is 9.46. The van der Waals surface area contributed by atoms with Gasteiger partial charge in [0.05, 0.1) is 11.2 Å². The lowest BCUT2D eigenvalue weighted by atomic mass is 10.2. The topological polar surface area (TPSA) is 96.1 Å². The summed E-state index contributed by atoms with van der Waals surface area (Å²) in [7, 11) is 0. The van der Waals surface area contributed by atoms with E-state index in [0.29, 0.717) is 38.0 Å². The molecule has 2 amide bonds. The van der Waals surface area contributed by atoms with Crippen LogP contribution in [0, 0.1) is 0 Å². The lowest BCUT2D eigenvalue weighted by molar-refractivity contribution is -0.122. The lowest BCUT2D eigenvalue weighted by Crippen LogP contribution is -2.28. The maximum Gasteiger partial charge on any atom is 0.240 e. The summed E-state index contributed by atoms with van der Waals surface area (Å²) in [6.45, 7) is 0. The molecule has 10 heteroatoms. The summed E-state index contributed by atoms with van der Waals surface area (Å²) in [6.07, 6.45) is 1.44. The van der Waals surface area contributed by atoms with Crippen molar-refractivity contribution in [2.75, 3.05) is 5.32 Å². The minimum Gasteiger partial charge on any atom is -0.455 e. The van der Waals surface area contributed by atoms with E-state index in [0.717, 1.165) is 11.8 Å². The Morgan fingerprint density at radius 2 is 1.97 bits per heavy atom. The Hall–Kier alpha value is -3.07. The maximum absolute atomic E-state index is 12.2. The summed E-state index contributed by atoms with van der Waals surface area (Å²) in [5.74, 6) is 0.486. The molecule has 2 aromatic carbocycles. The number of para-hydroxylation sites is 1. The van der Waals surface area contributed by atoms with Gasteiger partial charge in [0.15, 0.2) is 5.17 Å². The molecule has 2 heterocycles. The standard InChI is InChI=1S/C22H16Cl2N4O3S/c23-13-6-8-16(17(24)10-13)18-9-7-15(31-18)12-25-28-22-27-21(30)19(32-22)11-20(29)26-14-4-2-1-3-5-14/h1-10,12,19H,11H2,(H,26,29)(H,27,28,30)/b25-12+. The number of hydrogen-bond acceptors (Lipinski definition) is 6.